The molecule has 1 atom stereocenters. The fraction of sp³-hybridized carbons (Fsp3) is 0.500. The molecule has 3 nitrogen and oxygen atoms in total. The quantitative estimate of drug-likeness (QED) is 0.819. The SMILES string of the molecule is CC(C)C(C)CNC(=O)c1cccnc1. The number of rotatable bonds is 4. The minimum Gasteiger partial charge on any atom is -0.352 e. The van der Waals surface area contributed by atoms with E-state index in [4.69, 9.17) is 0 Å². The van der Waals surface area contributed by atoms with Gasteiger partial charge in [-0.25, -0.2) is 0 Å². The number of aromatic nitrogens is 1. The van der Waals surface area contributed by atoms with Crippen molar-refractivity contribution in [1.82, 2.24) is 10.3 Å². The normalized spacial score (nSPS) is 12.5. The maximum atomic E-state index is 11.6. The van der Waals surface area contributed by atoms with Gasteiger partial charge in [-0.15, -0.1) is 0 Å². The van der Waals surface area contributed by atoms with Gasteiger partial charge in [-0.05, 0) is 24.0 Å². The molecule has 1 amide bonds. The molecule has 3 heteroatoms. The lowest BCUT2D eigenvalue weighted by Crippen LogP contribution is -2.30. The predicted octanol–water partition coefficient (Wildman–Crippen LogP) is 2.10. The molecule has 0 bridgehead atoms. The lowest BCUT2D eigenvalue weighted by molar-refractivity contribution is 0.0944. The Labute approximate surface area is 90.9 Å². The highest BCUT2D eigenvalue weighted by molar-refractivity contribution is 5.93. The second-order valence-corrected chi connectivity index (χ2v) is 4.17. The van der Waals surface area contributed by atoms with Gasteiger partial charge in [0.1, 0.15) is 0 Å². The summed E-state index contributed by atoms with van der Waals surface area (Å²) in [5, 5.41) is 2.90. The highest BCUT2D eigenvalue weighted by atomic mass is 16.1. The number of nitrogens with zero attached hydrogens (tertiary/aromatic N) is 1. The van der Waals surface area contributed by atoms with Crippen molar-refractivity contribution in [2.75, 3.05) is 6.54 Å². The molecule has 1 N–H and O–H groups in total. The van der Waals surface area contributed by atoms with Crippen molar-refractivity contribution in [3.05, 3.63) is 30.1 Å². The topological polar surface area (TPSA) is 42.0 Å². The molecule has 0 saturated heterocycles. The van der Waals surface area contributed by atoms with Crippen LogP contribution in [-0.4, -0.2) is 17.4 Å². The van der Waals surface area contributed by atoms with Crippen LogP contribution in [0.3, 0.4) is 0 Å². The second kappa shape index (κ2) is 5.49. The molecule has 0 aliphatic rings. The second-order valence-electron chi connectivity index (χ2n) is 4.17. The summed E-state index contributed by atoms with van der Waals surface area (Å²) in [5.74, 6) is 1.03. The number of pyridine rings is 1. The van der Waals surface area contributed by atoms with Crippen molar-refractivity contribution in [3.8, 4) is 0 Å². The van der Waals surface area contributed by atoms with E-state index in [9.17, 15) is 4.79 Å². The van der Waals surface area contributed by atoms with Gasteiger partial charge in [-0.2, -0.15) is 0 Å². The molecule has 15 heavy (non-hydrogen) atoms. The summed E-state index contributed by atoms with van der Waals surface area (Å²) in [6.07, 6.45) is 3.24. The van der Waals surface area contributed by atoms with Gasteiger partial charge in [0.25, 0.3) is 5.91 Å². The maximum Gasteiger partial charge on any atom is 0.252 e. The van der Waals surface area contributed by atoms with Crippen molar-refractivity contribution < 1.29 is 4.79 Å². The molecule has 1 unspecified atom stereocenters. The van der Waals surface area contributed by atoms with Gasteiger partial charge in [-0.3, -0.25) is 9.78 Å². The Morgan fingerprint density at radius 2 is 2.20 bits per heavy atom. The first-order chi connectivity index (χ1) is 7.11. The summed E-state index contributed by atoms with van der Waals surface area (Å²) in [5.41, 5.74) is 0.619. The minimum absolute atomic E-state index is 0.0457. The number of hydrogen-bond acceptors (Lipinski definition) is 2. The number of nitrogens with one attached hydrogen (secondary N) is 1. The van der Waals surface area contributed by atoms with Crippen LogP contribution in [0.5, 0.6) is 0 Å². The molecule has 0 saturated carbocycles. The molecule has 1 aromatic heterocycles. The fourth-order valence-electron chi connectivity index (χ4n) is 1.09. The predicted molar refractivity (Wildman–Crippen MR) is 60.6 cm³/mol. The van der Waals surface area contributed by atoms with Gasteiger partial charge in [-0.1, -0.05) is 20.8 Å². The van der Waals surface area contributed by atoms with Gasteiger partial charge < -0.3 is 5.32 Å². The molecule has 0 aromatic carbocycles. The van der Waals surface area contributed by atoms with Crippen molar-refractivity contribution in [2.24, 2.45) is 11.8 Å². The summed E-state index contributed by atoms with van der Waals surface area (Å²) in [6.45, 7) is 7.15. The van der Waals surface area contributed by atoms with E-state index in [1.165, 1.54) is 0 Å². The summed E-state index contributed by atoms with van der Waals surface area (Å²) < 4.78 is 0. The Balaban J connectivity index is 2.44. The fourth-order valence-corrected chi connectivity index (χ4v) is 1.09. The Bertz CT molecular complexity index is 309. The van der Waals surface area contributed by atoms with Crippen LogP contribution < -0.4 is 5.32 Å². The zero-order valence-electron chi connectivity index (χ0n) is 9.53. The van der Waals surface area contributed by atoms with Crippen LogP contribution in [0.15, 0.2) is 24.5 Å². The number of hydrogen-bond donors (Lipinski definition) is 1. The van der Waals surface area contributed by atoms with Gasteiger partial charge in [0.2, 0.25) is 0 Å². The highest BCUT2D eigenvalue weighted by Crippen LogP contribution is 2.07. The first kappa shape index (κ1) is 11.7. The summed E-state index contributed by atoms with van der Waals surface area (Å²) in [6, 6.07) is 3.53. The van der Waals surface area contributed by atoms with Gasteiger partial charge in [0.15, 0.2) is 0 Å². The summed E-state index contributed by atoms with van der Waals surface area (Å²) in [7, 11) is 0. The van der Waals surface area contributed by atoms with Crippen LogP contribution in [0.25, 0.3) is 0 Å². The van der Waals surface area contributed by atoms with Gasteiger partial charge >= 0.3 is 0 Å². The number of carbonyl (C=O) groups excluding carboxylic acids is 1. The first-order valence-corrected chi connectivity index (χ1v) is 5.29. The van der Waals surface area contributed by atoms with Crippen molar-refractivity contribution >= 4 is 5.91 Å². The summed E-state index contributed by atoms with van der Waals surface area (Å²) >= 11 is 0. The van der Waals surface area contributed by atoms with Crippen molar-refractivity contribution in [2.45, 2.75) is 20.8 Å². The smallest absolute Gasteiger partial charge is 0.252 e. The van der Waals surface area contributed by atoms with E-state index in [1.54, 1.807) is 24.5 Å². The third-order valence-corrected chi connectivity index (χ3v) is 2.65. The Morgan fingerprint density at radius 1 is 1.47 bits per heavy atom. The first-order valence-electron chi connectivity index (χ1n) is 5.29. The van der Waals surface area contributed by atoms with Crippen molar-refractivity contribution in [1.29, 1.82) is 0 Å². The molecule has 0 spiro atoms. The van der Waals surface area contributed by atoms with Crippen LogP contribution in [0, 0.1) is 11.8 Å². The van der Waals surface area contributed by atoms with Crippen LogP contribution >= 0.6 is 0 Å². The number of amides is 1. The molecule has 1 rings (SSSR count). The third-order valence-electron chi connectivity index (χ3n) is 2.65. The van der Waals surface area contributed by atoms with Crippen molar-refractivity contribution in [3.63, 3.8) is 0 Å². The van der Waals surface area contributed by atoms with E-state index in [2.05, 4.69) is 31.1 Å². The third kappa shape index (κ3) is 3.70. The summed E-state index contributed by atoms with van der Waals surface area (Å²) in [4.78, 5) is 15.5. The van der Waals surface area contributed by atoms with Crippen LogP contribution in [0.1, 0.15) is 31.1 Å². The number of carbonyl (C=O) groups is 1. The highest BCUT2D eigenvalue weighted by Gasteiger charge is 2.09. The molecule has 82 valence electrons. The standard InChI is InChI=1S/C12H18N2O/c1-9(2)10(3)7-14-12(15)11-5-4-6-13-8-11/h4-6,8-10H,7H2,1-3H3,(H,14,15). The average Bonchev–Trinajstić information content (AvgIpc) is 2.26. The van der Waals surface area contributed by atoms with E-state index >= 15 is 0 Å². The van der Waals surface area contributed by atoms with Crippen LogP contribution in [-0.2, 0) is 0 Å². The van der Waals surface area contributed by atoms with Gasteiger partial charge in [0.05, 0.1) is 5.56 Å². The van der Waals surface area contributed by atoms with Gasteiger partial charge in [0, 0.05) is 18.9 Å². The minimum atomic E-state index is -0.0457. The molecular weight excluding hydrogens is 188 g/mol. The van der Waals surface area contributed by atoms with E-state index in [0.29, 0.717) is 23.9 Å². The molecule has 0 radical (unpaired) electrons. The molecule has 1 aromatic rings. The molecule has 0 fully saturated rings. The Hall–Kier alpha value is -1.38. The Kier molecular flexibility index (Phi) is 4.28. The van der Waals surface area contributed by atoms with Crippen LogP contribution in [0.2, 0.25) is 0 Å². The van der Waals surface area contributed by atoms with E-state index in [1.807, 2.05) is 0 Å². The molecule has 0 aliphatic heterocycles. The average molecular weight is 206 g/mol. The zero-order valence-corrected chi connectivity index (χ0v) is 9.53. The monoisotopic (exact) mass is 206 g/mol. The largest absolute Gasteiger partial charge is 0.352 e. The Morgan fingerprint density at radius 3 is 2.73 bits per heavy atom. The van der Waals surface area contributed by atoms with E-state index in [-0.39, 0.29) is 5.91 Å². The lowest BCUT2D eigenvalue weighted by Gasteiger charge is -2.15. The maximum absolute atomic E-state index is 11.6. The van der Waals surface area contributed by atoms with Crippen LogP contribution in [0.4, 0.5) is 0 Å². The lowest BCUT2D eigenvalue weighted by atomic mass is 9.98. The molecular formula is C12H18N2O. The molecule has 0 aliphatic carbocycles. The van der Waals surface area contributed by atoms with E-state index < -0.39 is 0 Å². The van der Waals surface area contributed by atoms with E-state index in [0.717, 1.165) is 0 Å². The molecule has 1 heterocycles. The zero-order chi connectivity index (χ0) is 11.3.